The van der Waals surface area contributed by atoms with Crippen LogP contribution in [0.15, 0.2) is 12.1 Å². The number of fused-ring (bicyclic) bond motifs is 1. The Morgan fingerprint density at radius 3 is 2.50 bits per heavy atom. The van der Waals surface area contributed by atoms with Crippen LogP contribution in [0.2, 0.25) is 0 Å². The van der Waals surface area contributed by atoms with Crippen molar-refractivity contribution in [2.24, 2.45) is 17.4 Å². The first-order valence-corrected chi connectivity index (χ1v) is 11.8. The largest absolute Gasteiger partial charge is 0.378 e. The molecule has 4 N–H and O–H groups in total. The van der Waals surface area contributed by atoms with Crippen LogP contribution in [0, 0.1) is 30.3 Å². The van der Waals surface area contributed by atoms with Gasteiger partial charge in [-0.25, -0.2) is 18.2 Å². The van der Waals surface area contributed by atoms with E-state index in [1.165, 1.54) is 4.57 Å². The molecule has 1 aromatic carbocycles. The normalized spacial score (nSPS) is 20.8. The molecule has 2 saturated heterocycles. The van der Waals surface area contributed by atoms with E-state index in [1.807, 2.05) is 9.80 Å². The van der Waals surface area contributed by atoms with Crippen molar-refractivity contribution >= 4 is 28.5 Å². The maximum absolute atomic E-state index is 14.5. The van der Waals surface area contributed by atoms with Crippen LogP contribution in [0.3, 0.4) is 0 Å². The first-order valence-electron chi connectivity index (χ1n) is 11.8. The molecule has 2 aliphatic rings. The number of morpholine rings is 1. The van der Waals surface area contributed by atoms with E-state index < -0.39 is 23.6 Å². The quantitative estimate of drug-likeness (QED) is 0.496. The number of carbonyl (C=O) groups excluding carboxylic acids is 1. The molecule has 36 heavy (non-hydrogen) atoms. The van der Waals surface area contributed by atoms with Crippen molar-refractivity contribution in [1.29, 1.82) is 0 Å². The third-order valence-electron chi connectivity index (χ3n) is 6.77. The smallest absolute Gasteiger partial charge is 0.239 e. The van der Waals surface area contributed by atoms with Crippen molar-refractivity contribution in [3.63, 3.8) is 0 Å². The van der Waals surface area contributed by atoms with Gasteiger partial charge in [-0.1, -0.05) is 0 Å². The number of nitrogens with two attached hydrogens (primary N) is 2. The van der Waals surface area contributed by atoms with Gasteiger partial charge in [-0.2, -0.15) is 9.97 Å². The second kappa shape index (κ2) is 9.64. The van der Waals surface area contributed by atoms with Gasteiger partial charge in [0.2, 0.25) is 5.95 Å². The molecule has 4 heterocycles. The monoisotopic (exact) mass is 504 g/mol. The molecule has 0 radical (unpaired) electrons. The zero-order valence-corrected chi connectivity index (χ0v) is 19.8. The summed E-state index contributed by atoms with van der Waals surface area (Å²) < 4.78 is 49.4. The number of imidazole rings is 1. The number of aryl methyl sites for hydroxylation is 1. The van der Waals surface area contributed by atoms with E-state index in [2.05, 4.69) is 15.0 Å². The van der Waals surface area contributed by atoms with Gasteiger partial charge in [-0.15, -0.1) is 0 Å². The summed E-state index contributed by atoms with van der Waals surface area (Å²) in [5.74, 6) is -3.09. The molecule has 0 amide bonds. The number of halogens is 3. The summed E-state index contributed by atoms with van der Waals surface area (Å²) in [6.07, 6.45) is 0.494. The minimum absolute atomic E-state index is 0.00512. The lowest BCUT2D eigenvalue weighted by molar-refractivity contribution is -0.122. The summed E-state index contributed by atoms with van der Waals surface area (Å²) in [6, 6.07) is 2.68. The summed E-state index contributed by atoms with van der Waals surface area (Å²) in [4.78, 5) is 29.5. The molecule has 3 aromatic rings. The number of hydrogen-bond donors (Lipinski definition) is 2. The molecule has 0 bridgehead atoms. The highest BCUT2D eigenvalue weighted by atomic mass is 19.2. The zero-order chi connectivity index (χ0) is 25.6. The Hall–Kier alpha value is -3.29. The highest BCUT2D eigenvalue weighted by Gasteiger charge is 2.32. The average molecular weight is 505 g/mol. The van der Waals surface area contributed by atoms with Crippen LogP contribution in [0.4, 0.5) is 24.8 Å². The number of hydrogen-bond acceptors (Lipinski definition) is 9. The van der Waals surface area contributed by atoms with Gasteiger partial charge in [-0.05, 0) is 19.8 Å². The molecule has 2 aliphatic heterocycles. The topological polar surface area (TPSA) is 128 Å². The Morgan fingerprint density at radius 1 is 1.08 bits per heavy atom. The number of Topliss-reactive ketones (excluding diaryl/α,β-unsaturated/α-hetero) is 1. The Morgan fingerprint density at radius 2 is 1.81 bits per heavy atom. The molecule has 2 unspecified atom stereocenters. The standard InChI is InChI=1S/C23H27F3N8O2/c1-12-29-22-15(9-14(24)20(25)21(22)26)34(12)23-30-18(32-4-6-36-7-5-32)10-19(31-23)33-3-2-13(8-17(33)28)16(35)11-27/h9-10,13,17H,2-8,11,27-28H2,1H3. The van der Waals surface area contributed by atoms with Crippen molar-refractivity contribution in [3.05, 3.63) is 35.4 Å². The molecule has 2 atom stereocenters. The third-order valence-corrected chi connectivity index (χ3v) is 6.77. The fourth-order valence-corrected chi connectivity index (χ4v) is 4.84. The number of benzene rings is 1. The maximum Gasteiger partial charge on any atom is 0.239 e. The summed E-state index contributed by atoms with van der Waals surface area (Å²) in [6.45, 7) is 4.23. The van der Waals surface area contributed by atoms with Crippen molar-refractivity contribution < 1.29 is 22.7 Å². The second-order valence-corrected chi connectivity index (χ2v) is 8.98. The van der Waals surface area contributed by atoms with Gasteiger partial charge in [0.05, 0.1) is 31.4 Å². The lowest BCUT2D eigenvalue weighted by Gasteiger charge is -2.38. The third kappa shape index (κ3) is 4.27. The Bertz CT molecular complexity index is 1310. The molecule has 0 spiro atoms. The maximum atomic E-state index is 14.5. The number of piperidine rings is 1. The first-order chi connectivity index (χ1) is 17.3. The zero-order valence-electron chi connectivity index (χ0n) is 19.8. The van der Waals surface area contributed by atoms with Gasteiger partial charge in [-0.3, -0.25) is 9.36 Å². The van der Waals surface area contributed by atoms with E-state index in [9.17, 15) is 18.0 Å². The summed E-state index contributed by atoms with van der Waals surface area (Å²) in [5.41, 5.74) is 11.7. The number of anilines is 2. The first kappa shape index (κ1) is 24.4. The lowest BCUT2D eigenvalue weighted by Crippen LogP contribution is -2.50. The number of aromatic nitrogens is 4. The minimum atomic E-state index is -1.59. The van der Waals surface area contributed by atoms with Crippen LogP contribution in [0.25, 0.3) is 17.0 Å². The van der Waals surface area contributed by atoms with Gasteiger partial charge in [0.1, 0.15) is 28.8 Å². The fraction of sp³-hybridized carbons (Fsp3) is 0.478. The summed E-state index contributed by atoms with van der Waals surface area (Å²) in [5, 5.41) is 0. The number of nitrogens with zero attached hydrogens (tertiary/aromatic N) is 6. The van der Waals surface area contributed by atoms with Crippen LogP contribution in [-0.2, 0) is 9.53 Å². The second-order valence-electron chi connectivity index (χ2n) is 8.98. The molecule has 5 rings (SSSR count). The van der Waals surface area contributed by atoms with Gasteiger partial charge in [0.15, 0.2) is 17.5 Å². The summed E-state index contributed by atoms with van der Waals surface area (Å²) >= 11 is 0. The molecular formula is C23H27F3N8O2. The van der Waals surface area contributed by atoms with Crippen LogP contribution in [0.5, 0.6) is 0 Å². The Labute approximate surface area is 205 Å². The predicted octanol–water partition coefficient (Wildman–Crippen LogP) is 1.41. The number of ketones is 1. The fourth-order valence-electron chi connectivity index (χ4n) is 4.84. The Kier molecular flexibility index (Phi) is 6.53. The highest BCUT2D eigenvalue weighted by Crippen LogP contribution is 2.31. The van der Waals surface area contributed by atoms with Crippen molar-refractivity contribution in [2.45, 2.75) is 25.9 Å². The van der Waals surface area contributed by atoms with Crippen LogP contribution in [-0.4, -0.2) is 70.9 Å². The predicted molar refractivity (Wildman–Crippen MR) is 126 cm³/mol. The SMILES string of the molecule is Cc1nc2c(F)c(F)c(F)cc2n1-c1nc(N2CCOCC2)cc(N2CCC(C(=O)CN)CC2N)n1. The molecule has 192 valence electrons. The average Bonchev–Trinajstić information content (AvgIpc) is 3.22. The molecular weight excluding hydrogens is 477 g/mol. The summed E-state index contributed by atoms with van der Waals surface area (Å²) in [7, 11) is 0. The molecule has 10 nitrogen and oxygen atoms in total. The van der Waals surface area contributed by atoms with E-state index in [0.717, 1.165) is 6.07 Å². The molecule has 0 saturated carbocycles. The lowest BCUT2D eigenvalue weighted by atomic mass is 9.90. The van der Waals surface area contributed by atoms with Crippen molar-refractivity contribution in [3.8, 4) is 5.95 Å². The van der Waals surface area contributed by atoms with Gasteiger partial charge in [0.25, 0.3) is 0 Å². The van der Waals surface area contributed by atoms with Crippen LogP contribution < -0.4 is 21.3 Å². The van der Waals surface area contributed by atoms with E-state index in [0.29, 0.717) is 57.3 Å². The van der Waals surface area contributed by atoms with E-state index in [1.54, 1.807) is 13.0 Å². The Balaban J connectivity index is 1.62. The number of carbonyl (C=O) groups is 1. The van der Waals surface area contributed by atoms with Gasteiger partial charge < -0.3 is 26.0 Å². The molecule has 13 heteroatoms. The number of rotatable bonds is 5. The van der Waals surface area contributed by atoms with E-state index >= 15 is 0 Å². The van der Waals surface area contributed by atoms with Gasteiger partial charge >= 0.3 is 0 Å². The van der Waals surface area contributed by atoms with Crippen molar-refractivity contribution in [1.82, 2.24) is 19.5 Å². The van der Waals surface area contributed by atoms with Gasteiger partial charge in [0, 0.05) is 37.7 Å². The molecule has 2 aromatic heterocycles. The molecule has 2 fully saturated rings. The van der Waals surface area contributed by atoms with Crippen LogP contribution in [0.1, 0.15) is 18.7 Å². The van der Waals surface area contributed by atoms with Crippen molar-refractivity contribution in [2.75, 3.05) is 49.2 Å². The molecule has 0 aliphatic carbocycles. The minimum Gasteiger partial charge on any atom is -0.378 e. The van der Waals surface area contributed by atoms with Crippen LogP contribution >= 0.6 is 0 Å². The number of ether oxygens (including phenoxy) is 1. The van der Waals surface area contributed by atoms with E-state index in [4.69, 9.17) is 16.2 Å². The highest BCUT2D eigenvalue weighted by molar-refractivity contribution is 5.83. The van der Waals surface area contributed by atoms with E-state index in [-0.39, 0.29) is 41.1 Å².